The molecule has 1 atom stereocenters. The van der Waals surface area contributed by atoms with Crippen molar-refractivity contribution in [1.29, 1.82) is 0 Å². The van der Waals surface area contributed by atoms with Crippen molar-refractivity contribution < 1.29 is 4.39 Å². The van der Waals surface area contributed by atoms with Gasteiger partial charge < -0.3 is 5.32 Å². The first-order valence-corrected chi connectivity index (χ1v) is 7.65. The number of benzene rings is 1. The lowest BCUT2D eigenvalue weighted by Gasteiger charge is -2.19. The molecule has 0 aliphatic carbocycles. The summed E-state index contributed by atoms with van der Waals surface area (Å²) in [6, 6.07) is 7.50. The van der Waals surface area contributed by atoms with Gasteiger partial charge in [0.1, 0.15) is 5.82 Å². The predicted octanol–water partition coefficient (Wildman–Crippen LogP) is 4.48. The van der Waals surface area contributed by atoms with Crippen LogP contribution in [0.25, 0.3) is 0 Å². The molecule has 1 aromatic carbocycles. The summed E-state index contributed by atoms with van der Waals surface area (Å²) >= 11 is 1.69. The summed E-state index contributed by atoms with van der Waals surface area (Å²) in [7, 11) is 0. The van der Waals surface area contributed by atoms with Crippen LogP contribution in [0.2, 0.25) is 0 Å². The van der Waals surface area contributed by atoms with Crippen molar-refractivity contribution in [2.24, 2.45) is 0 Å². The van der Waals surface area contributed by atoms with Gasteiger partial charge in [-0.15, -0.1) is 0 Å². The highest BCUT2D eigenvalue weighted by Gasteiger charge is 2.16. The summed E-state index contributed by atoms with van der Waals surface area (Å²) in [6.45, 7) is 5.04. The number of rotatable bonds is 6. The highest BCUT2D eigenvalue weighted by atomic mass is 32.1. The third kappa shape index (κ3) is 3.88. The Hall–Kier alpha value is -1.19. The molecule has 0 spiro atoms. The van der Waals surface area contributed by atoms with Crippen molar-refractivity contribution in [2.45, 2.75) is 32.7 Å². The zero-order chi connectivity index (χ0) is 13.7. The van der Waals surface area contributed by atoms with Crippen molar-refractivity contribution in [3.8, 4) is 0 Å². The maximum Gasteiger partial charge on any atom is 0.128 e. The lowest BCUT2D eigenvalue weighted by molar-refractivity contribution is 0.497. The van der Waals surface area contributed by atoms with E-state index in [2.05, 4.69) is 29.1 Å². The molecule has 0 aliphatic heterocycles. The zero-order valence-corrected chi connectivity index (χ0v) is 12.3. The van der Waals surface area contributed by atoms with Crippen molar-refractivity contribution in [3.63, 3.8) is 0 Å². The Balaban J connectivity index is 2.23. The number of aryl methyl sites for hydroxylation is 1. The van der Waals surface area contributed by atoms with Crippen molar-refractivity contribution >= 4 is 11.3 Å². The quantitative estimate of drug-likeness (QED) is 0.821. The van der Waals surface area contributed by atoms with E-state index in [0.717, 1.165) is 30.5 Å². The number of nitrogens with one attached hydrogen (secondary N) is 1. The highest BCUT2D eigenvalue weighted by molar-refractivity contribution is 7.07. The van der Waals surface area contributed by atoms with E-state index in [1.807, 2.05) is 19.1 Å². The first kappa shape index (κ1) is 14.2. The molecule has 1 nitrogen and oxygen atoms in total. The highest BCUT2D eigenvalue weighted by Crippen LogP contribution is 2.23. The molecule has 1 aromatic heterocycles. The molecule has 0 aliphatic rings. The average Bonchev–Trinajstić information content (AvgIpc) is 2.90. The smallest absolute Gasteiger partial charge is 0.128 e. The Labute approximate surface area is 118 Å². The second-order valence-electron chi connectivity index (χ2n) is 4.87. The fourth-order valence-corrected chi connectivity index (χ4v) is 2.87. The van der Waals surface area contributed by atoms with Crippen LogP contribution in [0, 0.1) is 12.7 Å². The van der Waals surface area contributed by atoms with E-state index < -0.39 is 0 Å². The van der Waals surface area contributed by atoms with Crippen LogP contribution >= 0.6 is 11.3 Å². The van der Waals surface area contributed by atoms with Crippen LogP contribution in [0.4, 0.5) is 4.39 Å². The van der Waals surface area contributed by atoms with Gasteiger partial charge in [-0.25, -0.2) is 4.39 Å². The van der Waals surface area contributed by atoms with Gasteiger partial charge in [-0.3, -0.25) is 0 Å². The van der Waals surface area contributed by atoms with Gasteiger partial charge in [-0.1, -0.05) is 24.6 Å². The first-order valence-electron chi connectivity index (χ1n) is 6.71. The molecular formula is C16H20FNS. The Kier molecular flexibility index (Phi) is 5.11. The van der Waals surface area contributed by atoms with Crippen LogP contribution in [0.1, 0.15) is 36.1 Å². The van der Waals surface area contributed by atoms with Gasteiger partial charge in [-0.2, -0.15) is 11.3 Å². The van der Waals surface area contributed by atoms with Crippen LogP contribution in [0.15, 0.2) is 35.0 Å². The predicted molar refractivity (Wildman–Crippen MR) is 80.2 cm³/mol. The molecule has 1 heterocycles. The molecule has 2 rings (SSSR count). The van der Waals surface area contributed by atoms with E-state index in [1.54, 1.807) is 17.4 Å². The fraction of sp³-hybridized carbons (Fsp3) is 0.375. The summed E-state index contributed by atoms with van der Waals surface area (Å²) in [4.78, 5) is 0. The largest absolute Gasteiger partial charge is 0.310 e. The van der Waals surface area contributed by atoms with Crippen LogP contribution in [-0.2, 0) is 6.42 Å². The Bertz CT molecular complexity index is 507. The minimum Gasteiger partial charge on any atom is -0.310 e. The molecule has 0 amide bonds. The molecule has 19 heavy (non-hydrogen) atoms. The fourth-order valence-electron chi connectivity index (χ4n) is 2.19. The molecule has 1 N–H and O–H groups in total. The van der Waals surface area contributed by atoms with E-state index in [1.165, 1.54) is 5.56 Å². The van der Waals surface area contributed by atoms with Gasteiger partial charge in [-0.05, 0) is 54.8 Å². The van der Waals surface area contributed by atoms with E-state index in [-0.39, 0.29) is 11.9 Å². The summed E-state index contributed by atoms with van der Waals surface area (Å²) in [6.07, 6.45) is 1.89. The Morgan fingerprint density at radius 3 is 2.84 bits per heavy atom. The third-order valence-corrected chi connectivity index (χ3v) is 3.92. The Morgan fingerprint density at radius 2 is 2.16 bits per heavy atom. The van der Waals surface area contributed by atoms with Crippen LogP contribution in [0.5, 0.6) is 0 Å². The molecule has 2 aromatic rings. The second kappa shape index (κ2) is 6.83. The molecule has 3 heteroatoms. The summed E-state index contributed by atoms with van der Waals surface area (Å²) in [5.41, 5.74) is 3.14. The molecule has 0 saturated heterocycles. The number of hydrogen-bond donors (Lipinski definition) is 1. The standard InChI is InChI=1S/C16H20FNS/c1-3-7-18-16(10-13-6-8-19-11-13)14-9-12(2)4-5-15(14)17/h4-6,8-9,11,16,18H,3,7,10H2,1-2H3. The summed E-state index contributed by atoms with van der Waals surface area (Å²) < 4.78 is 14.0. The zero-order valence-electron chi connectivity index (χ0n) is 11.4. The molecule has 0 bridgehead atoms. The van der Waals surface area contributed by atoms with E-state index >= 15 is 0 Å². The number of hydrogen-bond acceptors (Lipinski definition) is 2. The van der Waals surface area contributed by atoms with E-state index in [0.29, 0.717) is 0 Å². The van der Waals surface area contributed by atoms with Gasteiger partial charge in [0.15, 0.2) is 0 Å². The second-order valence-corrected chi connectivity index (χ2v) is 5.65. The monoisotopic (exact) mass is 277 g/mol. The molecule has 0 fully saturated rings. The topological polar surface area (TPSA) is 12.0 Å². The van der Waals surface area contributed by atoms with Crippen molar-refractivity contribution in [1.82, 2.24) is 5.32 Å². The maximum atomic E-state index is 14.0. The minimum atomic E-state index is -0.116. The first-order chi connectivity index (χ1) is 9.20. The molecule has 102 valence electrons. The van der Waals surface area contributed by atoms with Crippen molar-refractivity contribution in [2.75, 3.05) is 6.54 Å². The maximum absolute atomic E-state index is 14.0. The van der Waals surface area contributed by atoms with E-state index in [4.69, 9.17) is 0 Å². The van der Waals surface area contributed by atoms with E-state index in [9.17, 15) is 4.39 Å². The lowest BCUT2D eigenvalue weighted by Crippen LogP contribution is -2.25. The normalized spacial score (nSPS) is 12.6. The lowest BCUT2D eigenvalue weighted by atomic mass is 9.98. The van der Waals surface area contributed by atoms with Gasteiger partial charge in [0.05, 0.1) is 0 Å². The number of halogens is 1. The molecular weight excluding hydrogens is 257 g/mol. The van der Waals surface area contributed by atoms with Crippen LogP contribution in [-0.4, -0.2) is 6.54 Å². The van der Waals surface area contributed by atoms with Gasteiger partial charge in [0.25, 0.3) is 0 Å². The minimum absolute atomic E-state index is 0.0504. The third-order valence-electron chi connectivity index (χ3n) is 3.19. The van der Waals surface area contributed by atoms with Gasteiger partial charge in [0, 0.05) is 11.6 Å². The van der Waals surface area contributed by atoms with Crippen LogP contribution < -0.4 is 5.32 Å². The molecule has 1 unspecified atom stereocenters. The molecule has 0 saturated carbocycles. The SMILES string of the molecule is CCCNC(Cc1ccsc1)c1cc(C)ccc1F. The number of thiophene rings is 1. The van der Waals surface area contributed by atoms with Crippen molar-refractivity contribution in [3.05, 3.63) is 57.5 Å². The van der Waals surface area contributed by atoms with Gasteiger partial charge >= 0.3 is 0 Å². The van der Waals surface area contributed by atoms with Crippen LogP contribution in [0.3, 0.4) is 0 Å². The van der Waals surface area contributed by atoms with Gasteiger partial charge in [0.2, 0.25) is 0 Å². The average molecular weight is 277 g/mol. The summed E-state index contributed by atoms with van der Waals surface area (Å²) in [5.74, 6) is -0.116. The summed E-state index contributed by atoms with van der Waals surface area (Å²) in [5, 5.41) is 7.66. The molecule has 0 radical (unpaired) electrons. The Morgan fingerprint density at radius 1 is 1.32 bits per heavy atom.